The third-order valence-electron chi connectivity index (χ3n) is 5.00. The standard InChI is InChI=1S/C18H20N4O3/c23-17(12-5-1-2-6-14(12)21-8-3-4-9-21)22-10-7-13-15(20-11-19-13)16(22)18(24)25/h1-2,5-6,11,16H,3-4,7-10H2,(H,19,20)(H,24,25). The third kappa shape index (κ3) is 2.65. The van der Waals surface area contributed by atoms with Gasteiger partial charge in [0.2, 0.25) is 0 Å². The summed E-state index contributed by atoms with van der Waals surface area (Å²) in [5.74, 6) is -1.30. The number of carboxylic acid groups (broad SMARTS) is 1. The van der Waals surface area contributed by atoms with Crippen molar-refractivity contribution >= 4 is 17.6 Å². The summed E-state index contributed by atoms with van der Waals surface area (Å²) in [4.78, 5) is 35.8. The van der Waals surface area contributed by atoms with Crippen molar-refractivity contribution < 1.29 is 14.7 Å². The zero-order valence-electron chi connectivity index (χ0n) is 13.8. The van der Waals surface area contributed by atoms with Gasteiger partial charge < -0.3 is 19.9 Å². The summed E-state index contributed by atoms with van der Waals surface area (Å²) in [6.45, 7) is 2.21. The van der Waals surface area contributed by atoms with Crippen molar-refractivity contribution in [2.45, 2.75) is 25.3 Å². The van der Waals surface area contributed by atoms with E-state index in [-0.39, 0.29) is 5.91 Å². The Morgan fingerprint density at radius 2 is 1.92 bits per heavy atom. The first-order valence-corrected chi connectivity index (χ1v) is 8.56. The second kappa shape index (κ2) is 6.23. The number of anilines is 1. The minimum atomic E-state index is -1.06. The van der Waals surface area contributed by atoms with Crippen molar-refractivity contribution in [1.29, 1.82) is 0 Å². The zero-order chi connectivity index (χ0) is 17.4. The predicted molar refractivity (Wildman–Crippen MR) is 91.6 cm³/mol. The van der Waals surface area contributed by atoms with Gasteiger partial charge in [-0.15, -0.1) is 0 Å². The van der Waals surface area contributed by atoms with Crippen molar-refractivity contribution in [3.8, 4) is 0 Å². The van der Waals surface area contributed by atoms with Gasteiger partial charge in [-0.05, 0) is 25.0 Å². The molecular weight excluding hydrogens is 320 g/mol. The Morgan fingerprint density at radius 1 is 1.16 bits per heavy atom. The molecule has 1 aromatic carbocycles. The third-order valence-corrected chi connectivity index (χ3v) is 5.00. The fourth-order valence-electron chi connectivity index (χ4n) is 3.79. The molecule has 0 radical (unpaired) electrons. The van der Waals surface area contributed by atoms with Gasteiger partial charge in [0.05, 0.1) is 17.6 Å². The SMILES string of the molecule is O=C(O)C1c2nc[nH]c2CCN1C(=O)c1ccccc1N1CCCC1. The lowest BCUT2D eigenvalue weighted by Gasteiger charge is -2.33. The first kappa shape index (κ1) is 15.7. The molecule has 0 bridgehead atoms. The highest BCUT2D eigenvalue weighted by atomic mass is 16.4. The van der Waals surface area contributed by atoms with Crippen LogP contribution in [0.5, 0.6) is 0 Å². The average Bonchev–Trinajstić information content (AvgIpc) is 3.31. The summed E-state index contributed by atoms with van der Waals surface area (Å²) in [7, 11) is 0. The van der Waals surface area contributed by atoms with Gasteiger partial charge in [-0.25, -0.2) is 9.78 Å². The molecule has 2 aromatic rings. The molecule has 7 nitrogen and oxygen atoms in total. The van der Waals surface area contributed by atoms with Gasteiger partial charge in [0.15, 0.2) is 6.04 Å². The number of carbonyl (C=O) groups is 2. The van der Waals surface area contributed by atoms with Crippen LogP contribution in [0.25, 0.3) is 0 Å². The topological polar surface area (TPSA) is 89.5 Å². The molecule has 1 aromatic heterocycles. The maximum Gasteiger partial charge on any atom is 0.332 e. The van der Waals surface area contributed by atoms with Crippen LogP contribution in [-0.4, -0.2) is 51.5 Å². The van der Waals surface area contributed by atoms with E-state index in [2.05, 4.69) is 14.9 Å². The molecule has 25 heavy (non-hydrogen) atoms. The lowest BCUT2D eigenvalue weighted by Crippen LogP contribution is -2.44. The van der Waals surface area contributed by atoms with Gasteiger partial charge in [0.25, 0.3) is 5.91 Å². The van der Waals surface area contributed by atoms with E-state index in [1.165, 1.54) is 11.2 Å². The monoisotopic (exact) mass is 340 g/mol. The number of nitrogens with one attached hydrogen (secondary N) is 1. The Labute approximate surface area is 145 Å². The van der Waals surface area contributed by atoms with Crippen molar-refractivity contribution in [1.82, 2.24) is 14.9 Å². The molecular formula is C18H20N4O3. The van der Waals surface area contributed by atoms with E-state index in [1.807, 2.05) is 18.2 Å². The molecule has 1 saturated heterocycles. The molecule has 130 valence electrons. The molecule has 3 heterocycles. The number of fused-ring (bicyclic) bond motifs is 1. The van der Waals surface area contributed by atoms with Gasteiger partial charge in [-0.2, -0.15) is 0 Å². The minimum absolute atomic E-state index is 0.247. The second-order valence-electron chi connectivity index (χ2n) is 6.47. The van der Waals surface area contributed by atoms with E-state index in [1.54, 1.807) is 6.07 Å². The molecule has 1 amide bonds. The van der Waals surface area contributed by atoms with Crippen molar-refractivity contribution in [3.63, 3.8) is 0 Å². The van der Waals surface area contributed by atoms with Crippen LogP contribution in [0.15, 0.2) is 30.6 Å². The predicted octanol–water partition coefficient (Wildman–Crippen LogP) is 1.83. The number of rotatable bonds is 3. The summed E-state index contributed by atoms with van der Waals surface area (Å²) in [5.41, 5.74) is 2.69. The number of imidazole rings is 1. The van der Waals surface area contributed by atoms with Crippen LogP contribution in [0.1, 0.15) is 40.6 Å². The Hall–Kier alpha value is -2.83. The molecule has 0 saturated carbocycles. The van der Waals surface area contributed by atoms with Crippen molar-refractivity contribution in [2.75, 3.05) is 24.5 Å². The van der Waals surface area contributed by atoms with Gasteiger partial charge in [-0.1, -0.05) is 12.1 Å². The number of benzene rings is 1. The van der Waals surface area contributed by atoms with E-state index < -0.39 is 12.0 Å². The lowest BCUT2D eigenvalue weighted by atomic mass is 10.0. The molecule has 2 N–H and O–H groups in total. The Morgan fingerprint density at radius 3 is 2.68 bits per heavy atom. The number of hydrogen-bond donors (Lipinski definition) is 2. The molecule has 4 rings (SSSR count). The fourth-order valence-corrected chi connectivity index (χ4v) is 3.79. The minimum Gasteiger partial charge on any atom is -0.479 e. The van der Waals surface area contributed by atoms with Crippen LogP contribution in [0.2, 0.25) is 0 Å². The first-order valence-electron chi connectivity index (χ1n) is 8.56. The maximum atomic E-state index is 13.2. The molecule has 7 heteroatoms. The fraction of sp³-hybridized carbons (Fsp3) is 0.389. The Bertz CT molecular complexity index is 810. The van der Waals surface area contributed by atoms with E-state index >= 15 is 0 Å². The van der Waals surface area contributed by atoms with Crippen LogP contribution in [0.4, 0.5) is 5.69 Å². The Balaban J connectivity index is 1.70. The number of carboxylic acids is 1. The number of H-pyrrole nitrogens is 1. The highest BCUT2D eigenvalue weighted by Gasteiger charge is 2.39. The summed E-state index contributed by atoms with van der Waals surface area (Å²) < 4.78 is 0. The summed E-state index contributed by atoms with van der Waals surface area (Å²) >= 11 is 0. The molecule has 2 aliphatic heterocycles. The van der Waals surface area contributed by atoms with Crippen LogP contribution in [0, 0.1) is 0 Å². The largest absolute Gasteiger partial charge is 0.479 e. The summed E-state index contributed by atoms with van der Waals surface area (Å²) in [6, 6.07) is 6.43. The molecule has 1 atom stereocenters. The number of hydrogen-bond acceptors (Lipinski definition) is 4. The highest BCUT2D eigenvalue weighted by Crippen LogP contribution is 2.32. The first-order chi connectivity index (χ1) is 12.2. The molecule has 1 unspecified atom stereocenters. The van der Waals surface area contributed by atoms with E-state index in [4.69, 9.17) is 0 Å². The number of aliphatic carboxylic acids is 1. The number of aromatic amines is 1. The van der Waals surface area contributed by atoms with Crippen LogP contribution in [-0.2, 0) is 11.2 Å². The van der Waals surface area contributed by atoms with Crippen molar-refractivity contribution in [3.05, 3.63) is 47.5 Å². The number of amides is 1. The number of carbonyl (C=O) groups excluding carboxylic acids is 1. The average molecular weight is 340 g/mol. The summed E-state index contributed by atoms with van der Waals surface area (Å²) in [5, 5.41) is 9.69. The van der Waals surface area contributed by atoms with Crippen LogP contribution >= 0.6 is 0 Å². The summed E-state index contributed by atoms with van der Waals surface area (Å²) in [6.07, 6.45) is 4.30. The molecule has 0 aliphatic carbocycles. The van der Waals surface area contributed by atoms with E-state index in [0.29, 0.717) is 24.2 Å². The zero-order valence-corrected chi connectivity index (χ0v) is 13.8. The molecule has 2 aliphatic rings. The Kier molecular flexibility index (Phi) is 3.91. The normalized spacial score (nSPS) is 19.8. The van der Waals surface area contributed by atoms with E-state index in [9.17, 15) is 14.7 Å². The van der Waals surface area contributed by atoms with Gasteiger partial charge in [0, 0.05) is 37.4 Å². The van der Waals surface area contributed by atoms with Gasteiger partial charge >= 0.3 is 5.97 Å². The quantitative estimate of drug-likeness (QED) is 0.890. The van der Waals surface area contributed by atoms with Crippen molar-refractivity contribution in [2.24, 2.45) is 0 Å². The van der Waals surface area contributed by atoms with E-state index in [0.717, 1.165) is 37.3 Å². The molecule has 1 fully saturated rings. The highest BCUT2D eigenvalue weighted by molar-refractivity contribution is 6.01. The number of para-hydroxylation sites is 1. The smallest absolute Gasteiger partial charge is 0.332 e. The van der Waals surface area contributed by atoms with Gasteiger partial charge in [0.1, 0.15) is 0 Å². The second-order valence-corrected chi connectivity index (χ2v) is 6.47. The van der Waals surface area contributed by atoms with Crippen LogP contribution < -0.4 is 4.90 Å². The maximum absolute atomic E-state index is 13.2. The number of nitrogens with zero attached hydrogens (tertiary/aromatic N) is 3. The lowest BCUT2D eigenvalue weighted by molar-refractivity contribution is -0.143. The van der Waals surface area contributed by atoms with Gasteiger partial charge in [-0.3, -0.25) is 4.79 Å². The number of aromatic nitrogens is 2. The van der Waals surface area contributed by atoms with Crippen LogP contribution in [0.3, 0.4) is 0 Å². The molecule has 0 spiro atoms.